The van der Waals surface area contributed by atoms with Crippen LogP contribution in [0.1, 0.15) is 22.5 Å². The van der Waals surface area contributed by atoms with Crippen molar-refractivity contribution in [1.29, 1.82) is 0 Å². The largest absolute Gasteiger partial charge is 0.491 e. The standard InChI is InChI=1S/C24H28N6O4/c1-15-11-19(29(2)28-15)23-25-14-18-17-12-16(24(31)32-3)13-20(21(17)26-22(18)27-23)34-8-4-5-30-6-9-33-10-7-30/h11-14H,4-10H2,1-3H3,(H,25,26,27). The molecule has 0 radical (unpaired) electrons. The van der Waals surface area contributed by atoms with E-state index in [1.54, 1.807) is 23.0 Å². The Hall–Kier alpha value is -3.50. The van der Waals surface area contributed by atoms with Crippen molar-refractivity contribution in [3.8, 4) is 17.3 Å². The fraction of sp³-hybridized carbons (Fsp3) is 0.417. The zero-order valence-electron chi connectivity index (χ0n) is 19.6. The molecule has 0 bridgehead atoms. The van der Waals surface area contributed by atoms with E-state index < -0.39 is 5.97 Å². The van der Waals surface area contributed by atoms with Crippen LogP contribution in [0, 0.1) is 6.92 Å². The number of H-pyrrole nitrogens is 1. The quantitative estimate of drug-likeness (QED) is 0.329. The number of esters is 1. The van der Waals surface area contributed by atoms with Crippen LogP contribution in [0.5, 0.6) is 5.75 Å². The number of aromatic nitrogens is 5. The molecule has 5 rings (SSSR count). The molecule has 1 aliphatic heterocycles. The van der Waals surface area contributed by atoms with Crippen LogP contribution in [-0.4, -0.2) is 82.2 Å². The molecule has 1 aliphatic rings. The van der Waals surface area contributed by atoms with Gasteiger partial charge in [0.25, 0.3) is 0 Å². The number of aromatic amines is 1. The van der Waals surface area contributed by atoms with Crippen molar-refractivity contribution in [2.45, 2.75) is 13.3 Å². The Kier molecular flexibility index (Phi) is 6.16. The van der Waals surface area contributed by atoms with Crippen molar-refractivity contribution in [3.05, 3.63) is 35.7 Å². The number of fused-ring (bicyclic) bond motifs is 3. The van der Waals surface area contributed by atoms with Gasteiger partial charge in [-0.3, -0.25) is 9.58 Å². The number of nitrogens with one attached hydrogen (secondary N) is 1. The summed E-state index contributed by atoms with van der Waals surface area (Å²) < 4.78 is 18.3. The summed E-state index contributed by atoms with van der Waals surface area (Å²) in [6.45, 7) is 6.84. The van der Waals surface area contributed by atoms with Crippen molar-refractivity contribution in [2.24, 2.45) is 7.05 Å². The number of hydrogen-bond acceptors (Lipinski definition) is 8. The minimum atomic E-state index is -0.419. The van der Waals surface area contributed by atoms with Gasteiger partial charge in [0, 0.05) is 43.7 Å². The van der Waals surface area contributed by atoms with Crippen molar-refractivity contribution in [3.63, 3.8) is 0 Å². The molecule has 1 fully saturated rings. The lowest BCUT2D eigenvalue weighted by atomic mass is 10.1. The van der Waals surface area contributed by atoms with Crippen LogP contribution in [0.15, 0.2) is 24.4 Å². The Morgan fingerprint density at radius 2 is 2.03 bits per heavy atom. The molecule has 178 valence electrons. The number of carbonyl (C=O) groups excluding carboxylic acids is 1. The first kappa shape index (κ1) is 22.3. The van der Waals surface area contributed by atoms with Gasteiger partial charge in [0.05, 0.1) is 43.7 Å². The Bertz CT molecular complexity index is 1340. The SMILES string of the molecule is COC(=O)c1cc(OCCCN2CCOCC2)c2[nH]c3nc(-c4cc(C)nn4C)ncc3c2c1. The maximum Gasteiger partial charge on any atom is 0.338 e. The molecule has 3 aromatic heterocycles. The van der Waals surface area contributed by atoms with Gasteiger partial charge in [0.15, 0.2) is 5.82 Å². The number of carbonyl (C=O) groups is 1. The van der Waals surface area contributed by atoms with Gasteiger partial charge in [-0.25, -0.2) is 14.8 Å². The van der Waals surface area contributed by atoms with Crippen molar-refractivity contribution in [2.75, 3.05) is 46.6 Å². The molecule has 4 heterocycles. The second kappa shape index (κ2) is 9.40. The monoisotopic (exact) mass is 464 g/mol. The molecule has 1 N–H and O–H groups in total. The smallest absolute Gasteiger partial charge is 0.338 e. The Morgan fingerprint density at radius 1 is 1.21 bits per heavy atom. The van der Waals surface area contributed by atoms with Gasteiger partial charge >= 0.3 is 5.97 Å². The molecule has 34 heavy (non-hydrogen) atoms. The Labute approximate surface area is 196 Å². The summed E-state index contributed by atoms with van der Waals surface area (Å²) in [7, 11) is 3.24. The number of ether oxygens (including phenoxy) is 3. The molecule has 10 heteroatoms. The van der Waals surface area contributed by atoms with Crippen LogP contribution >= 0.6 is 0 Å². The molecule has 0 atom stereocenters. The van der Waals surface area contributed by atoms with Gasteiger partial charge in [-0.1, -0.05) is 0 Å². The first-order valence-electron chi connectivity index (χ1n) is 11.4. The van der Waals surface area contributed by atoms with Crippen molar-refractivity contribution >= 4 is 27.9 Å². The molecular weight excluding hydrogens is 436 g/mol. The summed E-state index contributed by atoms with van der Waals surface area (Å²) in [4.78, 5) is 27.4. The van der Waals surface area contributed by atoms with E-state index in [1.807, 2.05) is 20.0 Å². The molecular formula is C24H28N6O4. The number of morpholine rings is 1. The van der Waals surface area contributed by atoms with Gasteiger partial charge < -0.3 is 19.2 Å². The highest BCUT2D eigenvalue weighted by Crippen LogP contribution is 2.33. The van der Waals surface area contributed by atoms with Crippen molar-refractivity contribution in [1.82, 2.24) is 29.6 Å². The topological polar surface area (TPSA) is 107 Å². The van der Waals surface area contributed by atoms with E-state index in [0.717, 1.165) is 66.9 Å². The molecule has 0 unspecified atom stereocenters. The number of rotatable bonds is 7. The Balaban J connectivity index is 1.47. The lowest BCUT2D eigenvalue weighted by Gasteiger charge is -2.26. The normalized spacial score (nSPS) is 14.7. The van der Waals surface area contributed by atoms with Crippen LogP contribution < -0.4 is 4.74 Å². The van der Waals surface area contributed by atoms with E-state index in [4.69, 9.17) is 19.2 Å². The number of hydrogen-bond donors (Lipinski definition) is 1. The van der Waals surface area contributed by atoms with Crippen LogP contribution in [0.2, 0.25) is 0 Å². The second-order valence-corrected chi connectivity index (χ2v) is 8.42. The lowest BCUT2D eigenvalue weighted by molar-refractivity contribution is 0.0358. The molecule has 4 aromatic rings. The average molecular weight is 465 g/mol. The zero-order chi connectivity index (χ0) is 23.7. The molecule has 0 spiro atoms. The Morgan fingerprint density at radius 3 is 2.76 bits per heavy atom. The maximum absolute atomic E-state index is 12.3. The molecule has 10 nitrogen and oxygen atoms in total. The van der Waals surface area contributed by atoms with E-state index >= 15 is 0 Å². The zero-order valence-corrected chi connectivity index (χ0v) is 19.6. The molecule has 1 aromatic carbocycles. The fourth-order valence-corrected chi connectivity index (χ4v) is 4.34. The van der Waals surface area contributed by atoms with Crippen LogP contribution in [0.4, 0.5) is 0 Å². The van der Waals surface area contributed by atoms with E-state index in [2.05, 4.69) is 20.0 Å². The summed E-state index contributed by atoms with van der Waals surface area (Å²) in [6.07, 6.45) is 2.63. The highest BCUT2D eigenvalue weighted by molar-refractivity contribution is 6.10. The van der Waals surface area contributed by atoms with Gasteiger partial charge in [-0.15, -0.1) is 0 Å². The number of nitrogens with zero attached hydrogens (tertiary/aromatic N) is 5. The van der Waals surface area contributed by atoms with Gasteiger partial charge in [0.2, 0.25) is 0 Å². The summed E-state index contributed by atoms with van der Waals surface area (Å²) in [5.41, 5.74) is 3.59. The van der Waals surface area contributed by atoms with Gasteiger partial charge in [-0.2, -0.15) is 5.10 Å². The third-order valence-corrected chi connectivity index (χ3v) is 6.06. The summed E-state index contributed by atoms with van der Waals surface area (Å²) in [5, 5.41) is 6.01. The van der Waals surface area contributed by atoms with Crippen LogP contribution in [0.25, 0.3) is 33.5 Å². The molecule has 0 amide bonds. The maximum atomic E-state index is 12.3. The number of aryl methyl sites for hydroxylation is 2. The average Bonchev–Trinajstić information content (AvgIpc) is 3.40. The molecule has 0 saturated carbocycles. The summed E-state index contributed by atoms with van der Waals surface area (Å²) >= 11 is 0. The molecule has 0 aliphatic carbocycles. The summed E-state index contributed by atoms with van der Waals surface area (Å²) in [5.74, 6) is 0.747. The van der Waals surface area contributed by atoms with E-state index in [-0.39, 0.29) is 0 Å². The summed E-state index contributed by atoms with van der Waals surface area (Å²) in [6, 6.07) is 5.46. The predicted molar refractivity (Wildman–Crippen MR) is 127 cm³/mol. The number of methoxy groups -OCH3 is 1. The fourth-order valence-electron chi connectivity index (χ4n) is 4.34. The lowest BCUT2D eigenvalue weighted by Crippen LogP contribution is -2.37. The minimum absolute atomic E-state index is 0.419. The van der Waals surface area contributed by atoms with E-state index in [0.29, 0.717) is 29.4 Å². The third kappa shape index (κ3) is 4.34. The third-order valence-electron chi connectivity index (χ3n) is 6.06. The van der Waals surface area contributed by atoms with Gasteiger partial charge in [0.1, 0.15) is 17.1 Å². The van der Waals surface area contributed by atoms with Crippen LogP contribution in [-0.2, 0) is 16.5 Å². The molecule has 1 saturated heterocycles. The van der Waals surface area contributed by atoms with Crippen molar-refractivity contribution < 1.29 is 19.0 Å². The van der Waals surface area contributed by atoms with Gasteiger partial charge in [-0.05, 0) is 31.5 Å². The first-order chi connectivity index (χ1) is 16.5. The van der Waals surface area contributed by atoms with E-state index in [1.165, 1.54) is 7.11 Å². The first-order valence-corrected chi connectivity index (χ1v) is 11.4. The highest BCUT2D eigenvalue weighted by Gasteiger charge is 2.18. The van der Waals surface area contributed by atoms with E-state index in [9.17, 15) is 4.79 Å². The predicted octanol–water partition coefficient (Wildman–Crippen LogP) is 2.71. The number of benzene rings is 1. The minimum Gasteiger partial charge on any atom is -0.491 e. The van der Waals surface area contributed by atoms with Crippen LogP contribution in [0.3, 0.4) is 0 Å². The second-order valence-electron chi connectivity index (χ2n) is 8.42. The highest BCUT2D eigenvalue weighted by atomic mass is 16.5.